The molecule has 0 heterocycles. The molecular formula is C14H30N2OS. The average molecular weight is 274 g/mol. The van der Waals surface area contributed by atoms with Gasteiger partial charge in [0.25, 0.3) is 0 Å². The number of amides is 1. The molecule has 0 aliphatic heterocycles. The fourth-order valence-electron chi connectivity index (χ4n) is 2.00. The summed E-state index contributed by atoms with van der Waals surface area (Å²) in [5, 5.41) is 3.07. The summed E-state index contributed by atoms with van der Waals surface area (Å²) in [4.78, 5) is 11.9. The molecule has 3 N–H and O–H groups in total. The van der Waals surface area contributed by atoms with E-state index in [1.165, 1.54) is 0 Å². The van der Waals surface area contributed by atoms with Crippen LogP contribution in [0.2, 0.25) is 0 Å². The number of hydrogen-bond acceptors (Lipinski definition) is 3. The molecule has 1 amide bonds. The van der Waals surface area contributed by atoms with E-state index in [2.05, 4.69) is 33.0 Å². The lowest BCUT2D eigenvalue weighted by Crippen LogP contribution is -2.35. The lowest BCUT2D eigenvalue weighted by molar-refractivity contribution is -0.122. The van der Waals surface area contributed by atoms with Gasteiger partial charge in [0.2, 0.25) is 5.91 Å². The summed E-state index contributed by atoms with van der Waals surface area (Å²) in [6.45, 7) is 9.18. The maximum absolute atomic E-state index is 11.9. The Morgan fingerprint density at radius 3 is 2.50 bits per heavy atom. The molecule has 0 aromatic rings. The molecule has 2 unspecified atom stereocenters. The summed E-state index contributed by atoms with van der Waals surface area (Å²) in [6.07, 6.45) is 2.64. The van der Waals surface area contributed by atoms with Crippen molar-refractivity contribution in [1.82, 2.24) is 5.32 Å². The molecule has 0 saturated heterocycles. The van der Waals surface area contributed by atoms with E-state index in [-0.39, 0.29) is 11.9 Å². The fraction of sp³-hybridized carbons (Fsp3) is 0.929. The fourth-order valence-corrected chi connectivity index (χ4v) is 2.81. The smallest absolute Gasteiger partial charge is 0.220 e. The number of thioether (sulfide) groups is 1. The number of nitrogens with one attached hydrogen (secondary N) is 1. The van der Waals surface area contributed by atoms with Crippen molar-refractivity contribution in [3.63, 3.8) is 0 Å². The molecule has 108 valence electrons. The highest BCUT2D eigenvalue weighted by atomic mass is 32.2. The van der Waals surface area contributed by atoms with Gasteiger partial charge in [0.1, 0.15) is 0 Å². The molecule has 2 atom stereocenters. The first kappa shape index (κ1) is 17.8. The molecule has 18 heavy (non-hydrogen) atoms. The van der Waals surface area contributed by atoms with E-state index in [4.69, 9.17) is 5.73 Å². The second kappa shape index (κ2) is 10.7. The third-order valence-corrected chi connectivity index (χ3v) is 3.85. The summed E-state index contributed by atoms with van der Waals surface area (Å²) in [7, 11) is 0. The molecule has 0 aromatic heterocycles. The Hall–Kier alpha value is -0.220. The van der Waals surface area contributed by atoms with Crippen LogP contribution in [-0.4, -0.2) is 30.0 Å². The summed E-state index contributed by atoms with van der Waals surface area (Å²) >= 11 is 1.92. The van der Waals surface area contributed by atoms with Gasteiger partial charge in [-0.3, -0.25) is 4.79 Å². The van der Waals surface area contributed by atoms with Gasteiger partial charge < -0.3 is 11.1 Å². The summed E-state index contributed by atoms with van der Waals surface area (Å²) in [5.41, 5.74) is 5.72. The third kappa shape index (κ3) is 9.77. The van der Waals surface area contributed by atoms with Crippen molar-refractivity contribution in [1.29, 1.82) is 0 Å². The number of nitrogens with two attached hydrogens (primary N) is 1. The molecular weight excluding hydrogens is 244 g/mol. The predicted octanol–water partition coefficient (Wildman–Crippen LogP) is 2.65. The zero-order valence-electron chi connectivity index (χ0n) is 12.4. The SMILES string of the molecule is CCSCCC(C)NC(=O)CC(CN)CC(C)C. The van der Waals surface area contributed by atoms with Gasteiger partial charge in [-0.1, -0.05) is 20.8 Å². The second-order valence-electron chi connectivity index (χ2n) is 5.39. The first-order valence-electron chi connectivity index (χ1n) is 7.06. The molecule has 0 bridgehead atoms. The van der Waals surface area contributed by atoms with Crippen molar-refractivity contribution >= 4 is 17.7 Å². The topological polar surface area (TPSA) is 55.1 Å². The minimum atomic E-state index is 0.153. The van der Waals surface area contributed by atoms with Gasteiger partial charge in [-0.15, -0.1) is 0 Å². The largest absolute Gasteiger partial charge is 0.354 e. The van der Waals surface area contributed by atoms with E-state index in [1.54, 1.807) is 0 Å². The summed E-state index contributed by atoms with van der Waals surface area (Å²) in [6, 6.07) is 0.272. The lowest BCUT2D eigenvalue weighted by atomic mass is 9.94. The van der Waals surface area contributed by atoms with E-state index in [0.717, 1.165) is 24.3 Å². The predicted molar refractivity (Wildman–Crippen MR) is 81.8 cm³/mol. The van der Waals surface area contributed by atoms with Crippen LogP contribution < -0.4 is 11.1 Å². The Labute approximate surface area is 117 Å². The minimum Gasteiger partial charge on any atom is -0.354 e. The number of carbonyl (C=O) groups is 1. The first-order chi connectivity index (χ1) is 8.49. The van der Waals surface area contributed by atoms with Crippen LogP contribution in [0, 0.1) is 11.8 Å². The molecule has 3 nitrogen and oxygen atoms in total. The van der Waals surface area contributed by atoms with E-state index in [0.29, 0.717) is 24.8 Å². The third-order valence-electron chi connectivity index (χ3n) is 2.92. The van der Waals surface area contributed by atoms with E-state index < -0.39 is 0 Å². The zero-order chi connectivity index (χ0) is 14.0. The summed E-state index contributed by atoms with van der Waals surface area (Å²) < 4.78 is 0. The highest BCUT2D eigenvalue weighted by molar-refractivity contribution is 7.99. The molecule has 0 spiro atoms. The van der Waals surface area contributed by atoms with Gasteiger partial charge in [0, 0.05) is 12.5 Å². The van der Waals surface area contributed by atoms with Crippen LogP contribution in [0.1, 0.15) is 47.0 Å². The Bertz CT molecular complexity index is 222. The maximum atomic E-state index is 11.9. The Balaban J connectivity index is 3.85. The van der Waals surface area contributed by atoms with Crippen LogP contribution in [-0.2, 0) is 4.79 Å². The Morgan fingerprint density at radius 1 is 1.33 bits per heavy atom. The molecule has 0 fully saturated rings. The van der Waals surface area contributed by atoms with Crippen molar-refractivity contribution in [2.75, 3.05) is 18.1 Å². The Morgan fingerprint density at radius 2 is 2.00 bits per heavy atom. The number of carbonyl (C=O) groups excluding carboxylic acids is 1. The summed E-state index contributed by atoms with van der Waals surface area (Å²) in [5.74, 6) is 3.33. The first-order valence-corrected chi connectivity index (χ1v) is 8.22. The van der Waals surface area contributed by atoms with Crippen molar-refractivity contribution < 1.29 is 4.79 Å². The second-order valence-corrected chi connectivity index (χ2v) is 6.78. The normalized spacial score (nSPS) is 14.6. The molecule has 4 heteroatoms. The van der Waals surface area contributed by atoms with Crippen molar-refractivity contribution in [2.24, 2.45) is 17.6 Å². The molecule has 0 rings (SSSR count). The van der Waals surface area contributed by atoms with Crippen LogP contribution in [0.3, 0.4) is 0 Å². The molecule has 0 saturated carbocycles. The average Bonchev–Trinajstić information content (AvgIpc) is 2.27. The number of rotatable bonds is 10. The maximum Gasteiger partial charge on any atom is 0.220 e. The molecule has 0 radical (unpaired) electrons. The molecule has 0 aromatic carbocycles. The molecule has 0 aliphatic rings. The standard InChI is InChI=1S/C14H30N2OS/c1-5-18-7-6-12(4)16-14(17)9-13(10-15)8-11(2)3/h11-13H,5-10,15H2,1-4H3,(H,16,17). The van der Waals surface area contributed by atoms with E-state index >= 15 is 0 Å². The van der Waals surface area contributed by atoms with Crippen LogP contribution in [0.25, 0.3) is 0 Å². The number of hydrogen-bond donors (Lipinski definition) is 2. The molecule has 0 aliphatic carbocycles. The van der Waals surface area contributed by atoms with Gasteiger partial charge in [0.15, 0.2) is 0 Å². The van der Waals surface area contributed by atoms with Gasteiger partial charge in [-0.2, -0.15) is 11.8 Å². The van der Waals surface area contributed by atoms with Gasteiger partial charge in [0.05, 0.1) is 0 Å². The van der Waals surface area contributed by atoms with Crippen molar-refractivity contribution in [3.8, 4) is 0 Å². The van der Waals surface area contributed by atoms with E-state index in [9.17, 15) is 4.79 Å². The van der Waals surface area contributed by atoms with Crippen LogP contribution in [0.5, 0.6) is 0 Å². The Kier molecular flexibility index (Phi) is 10.5. The van der Waals surface area contributed by atoms with Gasteiger partial charge >= 0.3 is 0 Å². The highest BCUT2D eigenvalue weighted by Gasteiger charge is 2.15. The van der Waals surface area contributed by atoms with Crippen LogP contribution in [0.4, 0.5) is 0 Å². The van der Waals surface area contributed by atoms with Crippen LogP contribution >= 0.6 is 11.8 Å². The minimum absolute atomic E-state index is 0.153. The quantitative estimate of drug-likeness (QED) is 0.602. The van der Waals surface area contributed by atoms with E-state index in [1.807, 2.05) is 11.8 Å². The van der Waals surface area contributed by atoms with Crippen LogP contribution in [0.15, 0.2) is 0 Å². The van der Waals surface area contributed by atoms with Gasteiger partial charge in [-0.25, -0.2) is 0 Å². The monoisotopic (exact) mass is 274 g/mol. The van der Waals surface area contributed by atoms with Crippen molar-refractivity contribution in [2.45, 2.75) is 53.0 Å². The lowest BCUT2D eigenvalue weighted by Gasteiger charge is -2.19. The van der Waals surface area contributed by atoms with Gasteiger partial charge in [-0.05, 0) is 49.7 Å². The highest BCUT2D eigenvalue weighted by Crippen LogP contribution is 2.14. The van der Waals surface area contributed by atoms with Crippen molar-refractivity contribution in [3.05, 3.63) is 0 Å². The zero-order valence-corrected chi connectivity index (χ0v) is 13.2.